The highest BCUT2D eigenvalue weighted by Crippen LogP contribution is 2.16. The number of hydrogen-bond donors (Lipinski definition) is 1. The summed E-state index contributed by atoms with van der Waals surface area (Å²) in [5.74, 6) is 1.13. The second kappa shape index (κ2) is 10.7. The van der Waals surface area contributed by atoms with Crippen LogP contribution in [-0.4, -0.2) is 11.7 Å². The molecule has 0 aliphatic heterocycles. The van der Waals surface area contributed by atoms with Crippen LogP contribution in [0.4, 0.5) is 0 Å². The molecule has 0 heterocycles. The average molecular weight is 264 g/mol. The van der Waals surface area contributed by atoms with E-state index in [1.807, 2.05) is 12.1 Å². The Labute approximate surface area is 117 Å². The lowest BCUT2D eigenvalue weighted by Gasteiger charge is -2.06. The third kappa shape index (κ3) is 8.52. The van der Waals surface area contributed by atoms with Crippen LogP contribution >= 0.6 is 0 Å². The number of ether oxygens (including phenoxy) is 1. The Morgan fingerprint density at radius 1 is 0.789 bits per heavy atom. The summed E-state index contributed by atoms with van der Waals surface area (Å²) in [7, 11) is 0. The number of aromatic hydroxyl groups is 1. The van der Waals surface area contributed by atoms with Crippen LogP contribution in [0.15, 0.2) is 24.3 Å². The van der Waals surface area contributed by atoms with Gasteiger partial charge in [0, 0.05) is 0 Å². The van der Waals surface area contributed by atoms with Crippen LogP contribution in [0.5, 0.6) is 11.5 Å². The molecule has 0 saturated carbocycles. The van der Waals surface area contributed by atoms with Gasteiger partial charge in [0.1, 0.15) is 11.5 Å². The van der Waals surface area contributed by atoms with E-state index in [2.05, 4.69) is 6.92 Å². The molecule has 1 aromatic carbocycles. The predicted molar refractivity (Wildman–Crippen MR) is 80.8 cm³/mol. The van der Waals surface area contributed by atoms with Crippen molar-refractivity contribution in [2.45, 2.75) is 64.7 Å². The maximum Gasteiger partial charge on any atom is 0.119 e. The fourth-order valence-electron chi connectivity index (χ4n) is 2.15. The monoisotopic (exact) mass is 264 g/mol. The average Bonchev–Trinajstić information content (AvgIpc) is 2.43. The molecule has 0 unspecified atom stereocenters. The van der Waals surface area contributed by atoms with Crippen LogP contribution in [-0.2, 0) is 0 Å². The van der Waals surface area contributed by atoms with Crippen LogP contribution < -0.4 is 4.74 Å². The predicted octanol–water partition coefficient (Wildman–Crippen LogP) is 5.30. The molecule has 2 heteroatoms. The highest BCUT2D eigenvalue weighted by Gasteiger charge is 1.95. The van der Waals surface area contributed by atoms with E-state index < -0.39 is 0 Å². The second-order valence-corrected chi connectivity index (χ2v) is 5.17. The van der Waals surface area contributed by atoms with Crippen molar-refractivity contribution in [1.82, 2.24) is 0 Å². The molecule has 0 bridgehead atoms. The fraction of sp³-hybridized carbons (Fsp3) is 0.647. The van der Waals surface area contributed by atoms with Gasteiger partial charge >= 0.3 is 0 Å². The van der Waals surface area contributed by atoms with Gasteiger partial charge in [-0.2, -0.15) is 0 Å². The van der Waals surface area contributed by atoms with Crippen molar-refractivity contribution in [3.8, 4) is 11.5 Å². The van der Waals surface area contributed by atoms with Crippen molar-refractivity contribution in [2.75, 3.05) is 6.61 Å². The number of rotatable bonds is 11. The van der Waals surface area contributed by atoms with Gasteiger partial charge in [-0.25, -0.2) is 0 Å². The van der Waals surface area contributed by atoms with Crippen molar-refractivity contribution in [2.24, 2.45) is 0 Å². The molecule has 0 fully saturated rings. The van der Waals surface area contributed by atoms with Crippen LogP contribution in [0.2, 0.25) is 0 Å². The van der Waals surface area contributed by atoms with Gasteiger partial charge in [0.05, 0.1) is 6.61 Å². The molecule has 2 nitrogen and oxygen atoms in total. The third-order valence-corrected chi connectivity index (χ3v) is 3.35. The summed E-state index contributed by atoms with van der Waals surface area (Å²) in [6, 6.07) is 6.93. The maximum absolute atomic E-state index is 9.15. The van der Waals surface area contributed by atoms with Gasteiger partial charge in [0.25, 0.3) is 0 Å². The van der Waals surface area contributed by atoms with Crippen molar-refractivity contribution in [3.63, 3.8) is 0 Å². The fourth-order valence-corrected chi connectivity index (χ4v) is 2.15. The quantitative estimate of drug-likeness (QED) is 0.549. The number of unbranched alkanes of at least 4 members (excludes halogenated alkanes) is 8. The topological polar surface area (TPSA) is 29.5 Å². The van der Waals surface area contributed by atoms with E-state index in [1.54, 1.807) is 12.1 Å². The Balaban J connectivity index is 1.87. The smallest absolute Gasteiger partial charge is 0.119 e. The van der Waals surface area contributed by atoms with E-state index in [9.17, 15) is 0 Å². The first-order chi connectivity index (χ1) is 9.33. The molecule has 0 amide bonds. The first kappa shape index (κ1) is 15.9. The summed E-state index contributed by atoms with van der Waals surface area (Å²) in [4.78, 5) is 0. The van der Waals surface area contributed by atoms with Gasteiger partial charge in [-0.15, -0.1) is 0 Å². The number of phenolic OH excluding ortho intramolecular Hbond substituents is 1. The highest BCUT2D eigenvalue weighted by atomic mass is 16.5. The van der Waals surface area contributed by atoms with Gasteiger partial charge in [-0.05, 0) is 30.7 Å². The summed E-state index contributed by atoms with van der Waals surface area (Å²) in [6.07, 6.45) is 12.0. The minimum absolute atomic E-state index is 0.287. The maximum atomic E-state index is 9.15. The van der Waals surface area contributed by atoms with Crippen LogP contribution in [0.1, 0.15) is 64.7 Å². The lowest BCUT2D eigenvalue weighted by atomic mass is 10.1. The Bertz CT molecular complexity index is 306. The minimum Gasteiger partial charge on any atom is -0.508 e. The van der Waals surface area contributed by atoms with Crippen molar-refractivity contribution in [1.29, 1.82) is 0 Å². The molecule has 1 aromatic rings. The summed E-state index contributed by atoms with van der Waals surface area (Å²) in [5.41, 5.74) is 0. The van der Waals surface area contributed by atoms with Gasteiger partial charge < -0.3 is 9.84 Å². The summed E-state index contributed by atoms with van der Waals surface area (Å²) < 4.78 is 5.61. The normalized spacial score (nSPS) is 10.6. The van der Waals surface area contributed by atoms with E-state index in [-0.39, 0.29) is 5.75 Å². The molecule has 108 valence electrons. The van der Waals surface area contributed by atoms with Gasteiger partial charge in [0.2, 0.25) is 0 Å². The number of benzene rings is 1. The summed E-state index contributed by atoms with van der Waals surface area (Å²) >= 11 is 0. The lowest BCUT2D eigenvalue weighted by molar-refractivity contribution is 0.303. The lowest BCUT2D eigenvalue weighted by Crippen LogP contribution is -1.96. The van der Waals surface area contributed by atoms with Gasteiger partial charge in [-0.3, -0.25) is 0 Å². The first-order valence-corrected chi connectivity index (χ1v) is 7.74. The molecule has 0 radical (unpaired) electrons. The Hall–Kier alpha value is -1.18. The van der Waals surface area contributed by atoms with Crippen molar-refractivity contribution >= 4 is 0 Å². The SMILES string of the molecule is CCCCCCCCCCCOc1ccc(O)cc1. The number of phenols is 1. The van der Waals surface area contributed by atoms with E-state index in [4.69, 9.17) is 9.84 Å². The molecular formula is C17H28O2. The van der Waals surface area contributed by atoms with Crippen LogP contribution in [0.25, 0.3) is 0 Å². The van der Waals surface area contributed by atoms with Gasteiger partial charge in [0.15, 0.2) is 0 Å². The minimum atomic E-state index is 0.287. The molecule has 0 aliphatic carbocycles. The van der Waals surface area contributed by atoms with Gasteiger partial charge in [-0.1, -0.05) is 58.3 Å². The largest absolute Gasteiger partial charge is 0.508 e. The molecule has 1 rings (SSSR count). The zero-order valence-electron chi connectivity index (χ0n) is 12.2. The molecule has 0 saturated heterocycles. The van der Waals surface area contributed by atoms with E-state index >= 15 is 0 Å². The summed E-state index contributed by atoms with van der Waals surface area (Å²) in [5, 5.41) is 9.15. The first-order valence-electron chi connectivity index (χ1n) is 7.74. The molecule has 0 atom stereocenters. The summed E-state index contributed by atoms with van der Waals surface area (Å²) in [6.45, 7) is 3.04. The third-order valence-electron chi connectivity index (χ3n) is 3.35. The van der Waals surface area contributed by atoms with Crippen molar-refractivity contribution < 1.29 is 9.84 Å². The van der Waals surface area contributed by atoms with Crippen molar-refractivity contribution in [3.05, 3.63) is 24.3 Å². The molecule has 0 aromatic heterocycles. The second-order valence-electron chi connectivity index (χ2n) is 5.17. The van der Waals surface area contributed by atoms with Crippen LogP contribution in [0, 0.1) is 0 Å². The molecular weight excluding hydrogens is 236 g/mol. The highest BCUT2D eigenvalue weighted by molar-refractivity contribution is 5.29. The Kier molecular flexibility index (Phi) is 8.95. The molecule has 0 spiro atoms. The van der Waals surface area contributed by atoms with E-state index in [0.29, 0.717) is 0 Å². The zero-order valence-corrected chi connectivity index (χ0v) is 12.2. The molecule has 1 N–H and O–H groups in total. The van der Waals surface area contributed by atoms with E-state index in [1.165, 1.54) is 51.4 Å². The Morgan fingerprint density at radius 3 is 1.89 bits per heavy atom. The van der Waals surface area contributed by atoms with Crippen LogP contribution in [0.3, 0.4) is 0 Å². The number of hydrogen-bond acceptors (Lipinski definition) is 2. The molecule has 0 aliphatic rings. The van der Waals surface area contributed by atoms with E-state index in [0.717, 1.165) is 18.8 Å². The standard InChI is InChI=1S/C17H28O2/c1-2-3-4-5-6-7-8-9-10-15-19-17-13-11-16(18)12-14-17/h11-14,18H,2-10,15H2,1H3. The zero-order chi connectivity index (χ0) is 13.8. The Morgan fingerprint density at radius 2 is 1.32 bits per heavy atom. The molecule has 19 heavy (non-hydrogen) atoms.